The van der Waals surface area contributed by atoms with Gasteiger partial charge < -0.3 is 10.1 Å². The molecule has 2 heteroatoms. The normalized spacial score (nSPS) is 17.4. The average molecular weight is 229 g/mol. The van der Waals surface area contributed by atoms with E-state index in [-0.39, 0.29) is 0 Å². The van der Waals surface area contributed by atoms with Crippen molar-refractivity contribution in [1.29, 1.82) is 0 Å². The van der Waals surface area contributed by atoms with E-state index in [1.807, 2.05) is 0 Å². The molecular formula is C14H31NO. The van der Waals surface area contributed by atoms with Gasteiger partial charge in [-0.05, 0) is 37.6 Å². The van der Waals surface area contributed by atoms with Crippen molar-refractivity contribution < 1.29 is 4.74 Å². The summed E-state index contributed by atoms with van der Waals surface area (Å²) < 4.78 is 5.39. The molecule has 2 unspecified atom stereocenters. The van der Waals surface area contributed by atoms with Crippen molar-refractivity contribution in [1.82, 2.24) is 5.32 Å². The van der Waals surface area contributed by atoms with Crippen LogP contribution in [0.2, 0.25) is 0 Å². The zero-order valence-corrected chi connectivity index (χ0v) is 12.1. The molecule has 0 spiro atoms. The molecule has 0 bridgehead atoms. The molecule has 98 valence electrons. The molecule has 1 N–H and O–H groups in total. The predicted octanol–water partition coefficient (Wildman–Crippen LogP) is 3.46. The zero-order valence-electron chi connectivity index (χ0n) is 12.1. The van der Waals surface area contributed by atoms with E-state index in [2.05, 4.69) is 39.9 Å². The predicted molar refractivity (Wildman–Crippen MR) is 71.8 cm³/mol. The van der Waals surface area contributed by atoms with Gasteiger partial charge in [-0.3, -0.25) is 0 Å². The van der Waals surface area contributed by atoms with Crippen molar-refractivity contribution in [3.8, 4) is 0 Å². The highest BCUT2D eigenvalue weighted by molar-refractivity contribution is 4.79. The molecular weight excluding hydrogens is 198 g/mol. The smallest absolute Gasteiger partial charge is 0.0548 e. The monoisotopic (exact) mass is 229 g/mol. The van der Waals surface area contributed by atoms with Gasteiger partial charge in [0.2, 0.25) is 0 Å². The van der Waals surface area contributed by atoms with Gasteiger partial charge in [-0.15, -0.1) is 0 Å². The van der Waals surface area contributed by atoms with Crippen LogP contribution in [0.4, 0.5) is 0 Å². The number of nitrogens with one attached hydrogen (secondary N) is 1. The second-order valence-electron chi connectivity index (χ2n) is 5.84. The van der Waals surface area contributed by atoms with Gasteiger partial charge in [-0.2, -0.15) is 0 Å². The first-order chi connectivity index (χ1) is 7.43. The van der Waals surface area contributed by atoms with Crippen LogP contribution >= 0.6 is 0 Å². The van der Waals surface area contributed by atoms with Gasteiger partial charge in [0.05, 0.1) is 6.10 Å². The molecule has 0 saturated heterocycles. The Hall–Kier alpha value is -0.0800. The summed E-state index contributed by atoms with van der Waals surface area (Å²) in [6.45, 7) is 13.5. The van der Waals surface area contributed by atoms with Crippen molar-refractivity contribution in [2.24, 2.45) is 11.3 Å². The molecule has 0 aromatic carbocycles. The lowest BCUT2D eigenvalue weighted by molar-refractivity contribution is 0.0655. The summed E-state index contributed by atoms with van der Waals surface area (Å²) in [7, 11) is 1.80. The molecule has 0 radical (unpaired) electrons. The Balaban J connectivity index is 4.10. The summed E-state index contributed by atoms with van der Waals surface area (Å²) >= 11 is 0. The highest BCUT2D eigenvalue weighted by Crippen LogP contribution is 2.29. The number of hydrogen-bond donors (Lipinski definition) is 1. The van der Waals surface area contributed by atoms with Crippen LogP contribution in [-0.2, 0) is 4.74 Å². The highest BCUT2D eigenvalue weighted by Gasteiger charge is 2.25. The molecule has 0 aliphatic heterocycles. The van der Waals surface area contributed by atoms with E-state index in [0.717, 1.165) is 25.4 Å². The van der Waals surface area contributed by atoms with Crippen LogP contribution in [0.1, 0.15) is 53.9 Å². The minimum Gasteiger partial charge on any atom is -0.382 e. The molecule has 0 saturated carbocycles. The molecule has 0 aromatic heterocycles. The van der Waals surface area contributed by atoms with Crippen molar-refractivity contribution in [2.75, 3.05) is 20.2 Å². The van der Waals surface area contributed by atoms with Crippen LogP contribution < -0.4 is 5.32 Å². The Kier molecular flexibility index (Phi) is 8.04. The third-order valence-corrected chi connectivity index (χ3v) is 3.14. The topological polar surface area (TPSA) is 21.3 Å². The Morgan fingerprint density at radius 2 is 1.88 bits per heavy atom. The summed E-state index contributed by atoms with van der Waals surface area (Å²) in [4.78, 5) is 0. The van der Waals surface area contributed by atoms with E-state index in [4.69, 9.17) is 4.74 Å². The first-order valence-electron chi connectivity index (χ1n) is 6.67. The summed E-state index contributed by atoms with van der Waals surface area (Å²) in [5.41, 5.74) is 0.374. The molecule has 0 rings (SSSR count). The highest BCUT2D eigenvalue weighted by atomic mass is 16.5. The van der Waals surface area contributed by atoms with E-state index >= 15 is 0 Å². The molecule has 16 heavy (non-hydrogen) atoms. The van der Waals surface area contributed by atoms with Crippen molar-refractivity contribution in [3.05, 3.63) is 0 Å². The van der Waals surface area contributed by atoms with Gasteiger partial charge in [-0.25, -0.2) is 0 Å². The van der Waals surface area contributed by atoms with E-state index < -0.39 is 0 Å². The van der Waals surface area contributed by atoms with E-state index in [1.165, 1.54) is 12.8 Å². The molecule has 0 aliphatic carbocycles. The van der Waals surface area contributed by atoms with Crippen LogP contribution in [0.25, 0.3) is 0 Å². The van der Waals surface area contributed by atoms with E-state index in [1.54, 1.807) is 7.11 Å². The number of hydrogen-bond acceptors (Lipinski definition) is 2. The Morgan fingerprint density at radius 3 is 2.31 bits per heavy atom. The lowest BCUT2D eigenvalue weighted by Gasteiger charge is -2.32. The van der Waals surface area contributed by atoms with E-state index in [0.29, 0.717) is 11.5 Å². The number of methoxy groups -OCH3 is 1. The maximum absolute atomic E-state index is 5.39. The van der Waals surface area contributed by atoms with Gasteiger partial charge in [-0.1, -0.05) is 34.1 Å². The van der Waals surface area contributed by atoms with Crippen LogP contribution in [0.15, 0.2) is 0 Å². The molecule has 0 heterocycles. The summed E-state index contributed by atoms with van der Waals surface area (Å²) in [5, 5.41) is 3.58. The molecule has 2 atom stereocenters. The summed E-state index contributed by atoms with van der Waals surface area (Å²) in [6, 6.07) is 0. The number of rotatable bonds is 9. The third-order valence-electron chi connectivity index (χ3n) is 3.14. The first kappa shape index (κ1) is 15.9. The fraction of sp³-hybridized carbons (Fsp3) is 1.00. The fourth-order valence-electron chi connectivity index (χ4n) is 2.31. The maximum atomic E-state index is 5.39. The molecule has 0 amide bonds. The SMILES string of the molecule is CCCC(C)(CNCC(C)C)CC(C)OC. The van der Waals surface area contributed by atoms with Crippen LogP contribution in [0, 0.1) is 11.3 Å². The molecule has 2 nitrogen and oxygen atoms in total. The minimum absolute atomic E-state index is 0.359. The summed E-state index contributed by atoms with van der Waals surface area (Å²) in [6.07, 6.45) is 4.02. The molecule has 0 fully saturated rings. The average Bonchev–Trinajstić information content (AvgIpc) is 2.17. The van der Waals surface area contributed by atoms with Crippen molar-refractivity contribution in [3.63, 3.8) is 0 Å². The largest absolute Gasteiger partial charge is 0.382 e. The molecule has 0 aromatic rings. The second-order valence-corrected chi connectivity index (χ2v) is 5.84. The minimum atomic E-state index is 0.359. The second kappa shape index (κ2) is 8.08. The van der Waals surface area contributed by atoms with Crippen molar-refractivity contribution in [2.45, 2.75) is 60.0 Å². The lowest BCUT2D eigenvalue weighted by atomic mass is 9.80. The van der Waals surface area contributed by atoms with E-state index in [9.17, 15) is 0 Å². The quantitative estimate of drug-likeness (QED) is 0.654. The van der Waals surface area contributed by atoms with Gasteiger partial charge >= 0.3 is 0 Å². The Bertz CT molecular complexity index is 170. The van der Waals surface area contributed by atoms with Gasteiger partial charge in [0.1, 0.15) is 0 Å². The summed E-state index contributed by atoms with van der Waals surface area (Å²) in [5.74, 6) is 0.728. The van der Waals surface area contributed by atoms with Crippen LogP contribution in [0.5, 0.6) is 0 Å². The Morgan fingerprint density at radius 1 is 1.25 bits per heavy atom. The van der Waals surface area contributed by atoms with Gasteiger partial charge in [0, 0.05) is 13.7 Å². The van der Waals surface area contributed by atoms with Gasteiger partial charge in [0.25, 0.3) is 0 Å². The Labute approximate surface area is 102 Å². The van der Waals surface area contributed by atoms with Gasteiger partial charge in [0.15, 0.2) is 0 Å². The standard InChI is InChI=1S/C14H31NO/c1-7-8-14(5,9-13(4)16-6)11-15-10-12(2)3/h12-13,15H,7-11H2,1-6H3. The first-order valence-corrected chi connectivity index (χ1v) is 6.67. The van der Waals surface area contributed by atoms with Crippen LogP contribution in [0.3, 0.4) is 0 Å². The fourth-order valence-corrected chi connectivity index (χ4v) is 2.31. The zero-order chi connectivity index (χ0) is 12.6. The maximum Gasteiger partial charge on any atom is 0.0548 e. The third kappa shape index (κ3) is 7.24. The number of ether oxygens (including phenoxy) is 1. The molecule has 0 aliphatic rings. The lowest BCUT2D eigenvalue weighted by Crippen LogP contribution is -2.36. The van der Waals surface area contributed by atoms with Crippen LogP contribution in [-0.4, -0.2) is 26.3 Å². The van der Waals surface area contributed by atoms with Crippen molar-refractivity contribution >= 4 is 0 Å².